The first-order valence-electron chi connectivity index (χ1n) is 37.1. The molecule has 0 unspecified atom stereocenters. The molecule has 0 radical (unpaired) electrons. The Bertz CT molecular complexity index is 3760. The van der Waals surface area contributed by atoms with E-state index < -0.39 is 265 Å². The lowest BCUT2D eigenvalue weighted by Gasteiger charge is -2.26. The summed E-state index contributed by atoms with van der Waals surface area (Å²) in [6, 6.07) is -26.4. The molecule has 120 heavy (non-hydrogen) atoms. The third-order valence-corrected chi connectivity index (χ3v) is 16.6. The minimum absolute atomic E-state index is 0.000575. The second-order valence-corrected chi connectivity index (χ2v) is 27.2. The van der Waals surface area contributed by atoms with Crippen molar-refractivity contribution in [3.05, 3.63) is 0 Å². The SMILES string of the molecule is CC(=O)N[C@@H](CCCNC(=N)N)C(=O)N[C@@H](C)C(=O)N[C@@H](CC(=O)O)C(=O)N[C@@H](C)C(=O)N[C@@H](CCCNC(=N)N)C(=O)N[C@@H](C)C(=O)N[C@@H](CC(=O)O)C(=O)N[C@@H](C)C(=O)N[C@@H](CCCNC(=N)N)C(=O)N[C@@H](C)C(=O)N[C@@H](CC(=O)O)C(=O)N[C@@H](C)C(=O)N[C@@H](CCCNC(=N)N)C(=O)N[C@@H](C)C(=O)N[C@@H](CC(=O)O)C(=O)N[C@@H](C)C(N)=O. The molecule has 0 saturated heterocycles. The third kappa shape index (κ3) is 44.2. The van der Waals surface area contributed by atoms with Gasteiger partial charge in [-0.25, -0.2) is 0 Å². The summed E-state index contributed by atoms with van der Waals surface area (Å²) in [7, 11) is 0. The highest BCUT2D eigenvalue weighted by Crippen LogP contribution is 2.09. The van der Waals surface area contributed by atoms with Crippen LogP contribution in [0, 0.1) is 21.6 Å². The van der Waals surface area contributed by atoms with Crippen LogP contribution >= 0.6 is 0 Å². The Balaban J connectivity index is 6.55. The quantitative estimate of drug-likeness (QED) is 0.0153. The van der Waals surface area contributed by atoms with Crippen LogP contribution in [0.25, 0.3) is 0 Å². The van der Waals surface area contributed by atoms with Gasteiger partial charge in [0.1, 0.15) is 96.7 Å². The van der Waals surface area contributed by atoms with Crippen LogP contribution in [0.4, 0.5) is 0 Å². The van der Waals surface area contributed by atoms with Crippen LogP contribution in [0.15, 0.2) is 0 Å². The number of carboxylic acids is 4. The summed E-state index contributed by atoms with van der Waals surface area (Å²) in [4.78, 5) is 274. The fraction of sp³-hybridized carbons (Fsp3) is 0.621. The first-order valence-corrected chi connectivity index (χ1v) is 37.1. The number of carbonyl (C=O) groups excluding carboxylic acids is 17. The normalized spacial score (nSPS) is 14.7. The highest BCUT2D eigenvalue weighted by molar-refractivity contribution is 6.02. The molecule has 0 rings (SSSR count). The van der Waals surface area contributed by atoms with E-state index in [-0.39, 0.29) is 83.5 Å². The molecular weight excluding hydrogens is 1600 g/mol. The maximum Gasteiger partial charge on any atom is 0.305 e. The van der Waals surface area contributed by atoms with E-state index in [0.29, 0.717) is 0 Å². The minimum atomic E-state index is -2.04. The molecule has 0 fully saturated rings. The summed E-state index contributed by atoms with van der Waals surface area (Å²) in [5.41, 5.74) is 26.5. The van der Waals surface area contributed by atoms with E-state index in [2.05, 4.69) is 106 Å². The first kappa shape index (κ1) is 106. The second kappa shape index (κ2) is 54.0. The Morgan fingerprint density at radius 2 is 0.383 bits per heavy atom. The molecule has 672 valence electrons. The molecule has 0 heterocycles. The van der Waals surface area contributed by atoms with Crippen molar-refractivity contribution < 1.29 is 121 Å². The van der Waals surface area contributed by atoms with Crippen molar-refractivity contribution in [1.29, 1.82) is 21.6 Å². The molecule has 0 aromatic carbocycles. The molecule has 0 aromatic heterocycles. The predicted molar refractivity (Wildman–Crippen MR) is 417 cm³/mol. The molecule has 54 nitrogen and oxygen atoms in total. The van der Waals surface area contributed by atoms with Gasteiger partial charge in [0.05, 0.1) is 25.7 Å². The summed E-state index contributed by atoms with van der Waals surface area (Å²) in [5.74, 6) is -27.2. The molecule has 0 saturated carbocycles. The lowest BCUT2D eigenvalue weighted by Crippen LogP contribution is -2.60. The van der Waals surface area contributed by atoms with E-state index in [1.54, 1.807) is 0 Å². The van der Waals surface area contributed by atoms with Gasteiger partial charge in [-0.05, 0) is 107 Å². The fourth-order valence-corrected chi connectivity index (χ4v) is 10.1. The zero-order valence-corrected chi connectivity index (χ0v) is 67.3. The van der Waals surface area contributed by atoms with Crippen LogP contribution in [0.5, 0.6) is 0 Å². The Hall–Kier alpha value is -14.0. The highest BCUT2D eigenvalue weighted by Gasteiger charge is 2.38. The molecule has 16 atom stereocenters. The van der Waals surface area contributed by atoms with Crippen LogP contribution in [0.2, 0.25) is 0 Å². The number of amides is 17. The first-order chi connectivity index (χ1) is 55.8. The predicted octanol–water partition coefficient (Wildman–Crippen LogP) is -13.6. The topological polar surface area (TPSA) is 905 Å². The van der Waals surface area contributed by atoms with Crippen LogP contribution in [0.1, 0.15) is 139 Å². The molecule has 54 heteroatoms. The number of carbonyl (C=O) groups is 21. The van der Waals surface area contributed by atoms with Gasteiger partial charge in [0, 0.05) is 33.1 Å². The third-order valence-electron chi connectivity index (χ3n) is 16.6. The van der Waals surface area contributed by atoms with Crippen molar-refractivity contribution in [2.45, 2.75) is 236 Å². The van der Waals surface area contributed by atoms with Crippen LogP contribution in [0.3, 0.4) is 0 Å². The summed E-state index contributed by atoms with van der Waals surface area (Å²) < 4.78 is 0. The van der Waals surface area contributed by atoms with Crippen molar-refractivity contribution in [1.82, 2.24) is 106 Å². The standard InChI is InChI=1S/C66H113N29O25/c1-26(47(67)105)80-59(117)39(22-43(97)98)92-52(110)31(6)82-56(114)36(15-11-19-77-64(70)71)89-49(107)28(3)86-61(119)41(24-45(101)102)94-54(112)33(8)84-58(116)38(17-13-21-79-66(74)75)91-50(108)29(4)87-62(120)42(25-46(103)104)95-53(111)32(7)83-57(115)37(16-12-20-78-65(72)73)90-48(106)27(2)85-60(118)40(23-44(99)100)93-51(109)30(5)81-55(113)35(88-34(9)96)14-10-18-76-63(68)69/h26-33,35-42H,10-25H2,1-9H3,(H2,67,105)(H,80,117)(H,81,113)(H,82,114)(H,83,115)(H,84,116)(H,85,118)(H,86,119)(H,87,120)(H,88,96)(H,89,107)(H,90,106)(H,91,108)(H,92,110)(H,93,109)(H,94,112)(H,95,111)(H,97,98)(H,99,100)(H,101,102)(H,103,104)(H4,68,69,76)(H4,70,71,77)(H4,72,73,78)(H4,74,75,79)/t26-,27-,28-,29-,30-,31-,32-,33-,35-,36-,37-,38-,39-,40-,41-,42-/m0/s1. The van der Waals surface area contributed by atoms with Gasteiger partial charge in [-0.15, -0.1) is 0 Å². The number of guanidine groups is 4. The van der Waals surface area contributed by atoms with Crippen molar-refractivity contribution >= 4 is 148 Å². The van der Waals surface area contributed by atoms with Gasteiger partial charge < -0.3 is 155 Å². The number of nitrogens with one attached hydrogen (secondary N) is 24. The summed E-state index contributed by atoms with van der Waals surface area (Å²) in [6.45, 7) is 9.89. The van der Waals surface area contributed by atoms with E-state index in [1.807, 2.05) is 0 Å². The van der Waals surface area contributed by atoms with Gasteiger partial charge in [0.2, 0.25) is 100 Å². The Morgan fingerprint density at radius 1 is 0.233 bits per heavy atom. The summed E-state index contributed by atoms with van der Waals surface area (Å²) >= 11 is 0. The fourth-order valence-electron chi connectivity index (χ4n) is 10.1. The summed E-state index contributed by atoms with van der Waals surface area (Å²) in [6.07, 6.45) is -5.11. The lowest BCUT2D eigenvalue weighted by atomic mass is 10.1. The van der Waals surface area contributed by atoms with Crippen LogP contribution < -0.4 is 135 Å². The molecule has 17 amide bonds. The minimum Gasteiger partial charge on any atom is -0.481 e. The van der Waals surface area contributed by atoms with Crippen molar-refractivity contribution in [3.63, 3.8) is 0 Å². The van der Waals surface area contributed by atoms with Crippen LogP contribution in [-0.2, 0) is 101 Å². The molecule has 0 aliphatic carbocycles. The molecule has 0 aliphatic rings. The zero-order valence-electron chi connectivity index (χ0n) is 67.3. The molecule has 0 bridgehead atoms. The monoisotopic (exact) mass is 1710 g/mol. The maximum absolute atomic E-state index is 14.0. The number of aliphatic carboxylic acids is 4. The van der Waals surface area contributed by atoms with Crippen LogP contribution in [-0.4, -0.2) is 291 Å². The number of carboxylic acid groups (broad SMARTS) is 4. The van der Waals surface area contributed by atoms with Crippen molar-refractivity contribution in [3.8, 4) is 0 Å². The molecule has 38 N–H and O–H groups in total. The van der Waals surface area contributed by atoms with Gasteiger partial charge in [-0.1, -0.05) is 0 Å². The number of nitrogens with two attached hydrogens (primary N) is 5. The number of hydrogen-bond acceptors (Lipinski definition) is 25. The molecule has 0 spiro atoms. The second-order valence-electron chi connectivity index (χ2n) is 27.2. The van der Waals surface area contributed by atoms with Gasteiger partial charge >= 0.3 is 23.9 Å². The average Bonchev–Trinajstić information content (AvgIpc) is 0.864. The largest absolute Gasteiger partial charge is 0.481 e. The number of hydrogen-bond donors (Lipinski definition) is 33. The van der Waals surface area contributed by atoms with E-state index in [4.69, 9.17) is 50.3 Å². The smallest absolute Gasteiger partial charge is 0.305 e. The number of primary amides is 1. The van der Waals surface area contributed by atoms with Crippen molar-refractivity contribution in [2.24, 2.45) is 28.7 Å². The maximum atomic E-state index is 14.0. The Morgan fingerprint density at radius 3 is 0.533 bits per heavy atom. The molecular formula is C66H113N29O25. The Labute approximate surface area is 685 Å². The van der Waals surface area contributed by atoms with E-state index >= 15 is 0 Å². The molecule has 0 aliphatic heterocycles. The Kier molecular flexibility index (Phi) is 47.7. The average molecular weight is 1710 g/mol. The summed E-state index contributed by atoms with van der Waals surface area (Å²) in [5, 5.41) is 114. The van der Waals surface area contributed by atoms with Gasteiger partial charge in [0.15, 0.2) is 23.8 Å². The lowest BCUT2D eigenvalue weighted by molar-refractivity contribution is -0.142. The molecule has 0 aromatic rings. The van der Waals surface area contributed by atoms with Gasteiger partial charge in [0.25, 0.3) is 0 Å². The van der Waals surface area contributed by atoms with E-state index in [1.165, 1.54) is 13.8 Å². The highest BCUT2D eigenvalue weighted by atomic mass is 16.4. The zero-order chi connectivity index (χ0) is 92.1. The van der Waals surface area contributed by atoms with Crippen molar-refractivity contribution in [2.75, 3.05) is 26.2 Å². The van der Waals surface area contributed by atoms with E-state index in [0.717, 1.165) is 48.5 Å². The van der Waals surface area contributed by atoms with Gasteiger partial charge in [-0.2, -0.15) is 0 Å². The van der Waals surface area contributed by atoms with Gasteiger partial charge in [-0.3, -0.25) is 122 Å². The van der Waals surface area contributed by atoms with E-state index in [9.17, 15) is 121 Å². The number of rotatable bonds is 56.